The van der Waals surface area contributed by atoms with Gasteiger partial charge >= 0.3 is 0 Å². The molecule has 1 N–H and O–H groups in total. The van der Waals surface area contributed by atoms with Gasteiger partial charge in [-0.3, -0.25) is 0 Å². The van der Waals surface area contributed by atoms with Crippen molar-refractivity contribution in [3.63, 3.8) is 0 Å². The molecule has 0 heterocycles. The van der Waals surface area contributed by atoms with Crippen LogP contribution in [0.1, 0.15) is 60.3 Å². The standard InChI is InChI=1S/C15H29N/c1-7-9-10-11-14(16-8-2)12-13(3)15(4,5)6/h1,13-14,16H,8-12H2,2-6H3. The molecule has 0 aromatic carbocycles. The number of nitrogens with one attached hydrogen (secondary N) is 1. The third-order valence-electron chi connectivity index (χ3n) is 3.48. The van der Waals surface area contributed by atoms with E-state index in [2.05, 4.69) is 45.9 Å². The van der Waals surface area contributed by atoms with Gasteiger partial charge in [0.1, 0.15) is 0 Å². The lowest BCUT2D eigenvalue weighted by molar-refractivity contribution is 0.219. The Bertz CT molecular complexity index is 206. The molecule has 16 heavy (non-hydrogen) atoms. The van der Waals surface area contributed by atoms with Crippen LogP contribution in [0.15, 0.2) is 0 Å². The molecule has 0 aliphatic heterocycles. The fourth-order valence-corrected chi connectivity index (χ4v) is 1.82. The number of terminal acetylenes is 1. The normalized spacial score (nSPS) is 15.5. The average molecular weight is 223 g/mol. The average Bonchev–Trinajstić information content (AvgIpc) is 2.16. The molecule has 0 saturated heterocycles. The second-order valence-electron chi connectivity index (χ2n) is 5.85. The van der Waals surface area contributed by atoms with Crippen molar-refractivity contribution in [2.45, 2.75) is 66.3 Å². The molecule has 0 rings (SSSR count). The molecule has 0 radical (unpaired) electrons. The van der Waals surface area contributed by atoms with Crippen LogP contribution in [-0.4, -0.2) is 12.6 Å². The fraction of sp³-hybridized carbons (Fsp3) is 0.867. The number of unbranched alkanes of at least 4 members (excludes halogenated alkanes) is 1. The Kier molecular flexibility index (Phi) is 7.51. The van der Waals surface area contributed by atoms with Crippen LogP contribution in [0.3, 0.4) is 0 Å². The third kappa shape index (κ3) is 6.90. The van der Waals surface area contributed by atoms with Crippen molar-refractivity contribution in [3.05, 3.63) is 0 Å². The molecule has 0 bridgehead atoms. The minimum absolute atomic E-state index is 0.403. The molecule has 0 aliphatic rings. The summed E-state index contributed by atoms with van der Waals surface area (Å²) < 4.78 is 0. The predicted molar refractivity (Wildman–Crippen MR) is 73.4 cm³/mol. The molecular weight excluding hydrogens is 194 g/mol. The summed E-state index contributed by atoms with van der Waals surface area (Å²) in [6.07, 6.45) is 9.80. The lowest BCUT2D eigenvalue weighted by Crippen LogP contribution is -2.33. The van der Waals surface area contributed by atoms with E-state index in [1.165, 1.54) is 12.8 Å². The van der Waals surface area contributed by atoms with Crippen molar-refractivity contribution in [2.75, 3.05) is 6.54 Å². The number of rotatable bonds is 7. The van der Waals surface area contributed by atoms with Crippen LogP contribution in [-0.2, 0) is 0 Å². The maximum atomic E-state index is 5.29. The highest BCUT2D eigenvalue weighted by Crippen LogP contribution is 2.29. The first kappa shape index (κ1) is 15.5. The quantitative estimate of drug-likeness (QED) is 0.511. The van der Waals surface area contributed by atoms with Gasteiger partial charge in [-0.15, -0.1) is 12.3 Å². The summed E-state index contributed by atoms with van der Waals surface area (Å²) >= 11 is 0. The Hall–Kier alpha value is -0.480. The summed E-state index contributed by atoms with van der Waals surface area (Å²) in [4.78, 5) is 0. The van der Waals surface area contributed by atoms with Gasteiger partial charge in [0.15, 0.2) is 0 Å². The highest BCUT2D eigenvalue weighted by molar-refractivity contribution is 4.84. The van der Waals surface area contributed by atoms with Gasteiger partial charge < -0.3 is 5.32 Å². The Labute approximate surface area is 102 Å². The molecule has 94 valence electrons. The van der Waals surface area contributed by atoms with E-state index in [0.717, 1.165) is 25.3 Å². The van der Waals surface area contributed by atoms with Crippen molar-refractivity contribution in [2.24, 2.45) is 11.3 Å². The molecule has 0 fully saturated rings. The fourth-order valence-electron chi connectivity index (χ4n) is 1.82. The Morgan fingerprint density at radius 3 is 2.38 bits per heavy atom. The summed E-state index contributed by atoms with van der Waals surface area (Å²) in [6, 6.07) is 0.632. The second kappa shape index (κ2) is 7.74. The summed E-state index contributed by atoms with van der Waals surface area (Å²) in [5.41, 5.74) is 0.403. The molecule has 0 aromatic rings. The Morgan fingerprint density at radius 2 is 1.94 bits per heavy atom. The van der Waals surface area contributed by atoms with Crippen molar-refractivity contribution in [1.82, 2.24) is 5.32 Å². The molecule has 2 atom stereocenters. The van der Waals surface area contributed by atoms with E-state index < -0.39 is 0 Å². The highest BCUT2D eigenvalue weighted by atomic mass is 14.9. The summed E-state index contributed by atoms with van der Waals surface area (Å²) in [7, 11) is 0. The van der Waals surface area contributed by atoms with Crippen LogP contribution >= 0.6 is 0 Å². The monoisotopic (exact) mass is 223 g/mol. The van der Waals surface area contributed by atoms with Gasteiger partial charge in [0.05, 0.1) is 0 Å². The molecule has 1 nitrogen and oxygen atoms in total. The van der Waals surface area contributed by atoms with Gasteiger partial charge in [0.2, 0.25) is 0 Å². The van der Waals surface area contributed by atoms with Crippen LogP contribution in [0.5, 0.6) is 0 Å². The maximum Gasteiger partial charge on any atom is 0.00866 e. The van der Waals surface area contributed by atoms with Crippen LogP contribution in [0.4, 0.5) is 0 Å². The van der Waals surface area contributed by atoms with Gasteiger partial charge in [0.25, 0.3) is 0 Å². The van der Waals surface area contributed by atoms with E-state index in [4.69, 9.17) is 6.42 Å². The first-order valence-electron chi connectivity index (χ1n) is 6.58. The van der Waals surface area contributed by atoms with Crippen LogP contribution in [0.25, 0.3) is 0 Å². The highest BCUT2D eigenvalue weighted by Gasteiger charge is 2.22. The third-order valence-corrected chi connectivity index (χ3v) is 3.48. The summed E-state index contributed by atoms with van der Waals surface area (Å²) in [5.74, 6) is 3.46. The SMILES string of the molecule is C#CCCCC(CC(C)C(C)(C)C)NCC. The zero-order valence-electron chi connectivity index (χ0n) is 11.8. The summed E-state index contributed by atoms with van der Waals surface area (Å²) in [5, 5.41) is 3.58. The zero-order valence-corrected chi connectivity index (χ0v) is 11.8. The van der Waals surface area contributed by atoms with Crippen molar-refractivity contribution < 1.29 is 0 Å². The lowest BCUT2D eigenvalue weighted by atomic mass is 9.78. The number of hydrogen-bond acceptors (Lipinski definition) is 1. The summed E-state index contributed by atoms with van der Waals surface area (Å²) in [6.45, 7) is 12.5. The van der Waals surface area contributed by atoms with Gasteiger partial charge in [-0.1, -0.05) is 34.6 Å². The molecule has 0 aliphatic carbocycles. The lowest BCUT2D eigenvalue weighted by Gasteiger charge is -2.31. The smallest absolute Gasteiger partial charge is 0.00866 e. The Balaban J connectivity index is 4.07. The molecule has 0 saturated carbocycles. The minimum Gasteiger partial charge on any atom is -0.314 e. The van der Waals surface area contributed by atoms with Crippen LogP contribution in [0.2, 0.25) is 0 Å². The van der Waals surface area contributed by atoms with Crippen LogP contribution < -0.4 is 5.32 Å². The maximum absolute atomic E-state index is 5.29. The molecule has 2 unspecified atom stereocenters. The van der Waals surface area contributed by atoms with Gasteiger partial charge in [0, 0.05) is 12.5 Å². The largest absolute Gasteiger partial charge is 0.314 e. The molecule has 0 amide bonds. The van der Waals surface area contributed by atoms with E-state index in [-0.39, 0.29) is 0 Å². The molecular formula is C15H29N. The van der Waals surface area contributed by atoms with Crippen molar-refractivity contribution >= 4 is 0 Å². The Morgan fingerprint density at radius 1 is 1.31 bits per heavy atom. The predicted octanol–water partition coefficient (Wildman–Crippen LogP) is 3.84. The molecule has 0 aromatic heterocycles. The second-order valence-corrected chi connectivity index (χ2v) is 5.85. The number of hydrogen-bond donors (Lipinski definition) is 1. The van der Waals surface area contributed by atoms with Crippen LogP contribution in [0, 0.1) is 23.7 Å². The van der Waals surface area contributed by atoms with E-state index in [9.17, 15) is 0 Å². The van der Waals surface area contributed by atoms with E-state index in [0.29, 0.717) is 11.5 Å². The van der Waals surface area contributed by atoms with E-state index >= 15 is 0 Å². The first-order valence-corrected chi connectivity index (χ1v) is 6.58. The van der Waals surface area contributed by atoms with E-state index in [1.54, 1.807) is 0 Å². The van der Waals surface area contributed by atoms with Crippen molar-refractivity contribution in [3.8, 4) is 12.3 Å². The molecule has 1 heteroatoms. The zero-order chi connectivity index (χ0) is 12.6. The molecule has 0 spiro atoms. The van der Waals surface area contributed by atoms with Crippen molar-refractivity contribution in [1.29, 1.82) is 0 Å². The van der Waals surface area contributed by atoms with E-state index in [1.807, 2.05) is 0 Å². The topological polar surface area (TPSA) is 12.0 Å². The first-order chi connectivity index (χ1) is 7.41. The van der Waals surface area contributed by atoms with Gasteiger partial charge in [-0.25, -0.2) is 0 Å². The minimum atomic E-state index is 0.403. The van der Waals surface area contributed by atoms with Gasteiger partial charge in [-0.2, -0.15) is 0 Å². The van der Waals surface area contributed by atoms with Gasteiger partial charge in [-0.05, 0) is 37.1 Å².